The van der Waals surface area contributed by atoms with Gasteiger partial charge in [0.2, 0.25) is 5.43 Å². The molecular formula is C22H25N7O2. The van der Waals surface area contributed by atoms with Crippen LogP contribution in [0.1, 0.15) is 47.4 Å². The van der Waals surface area contributed by atoms with Crippen molar-refractivity contribution in [1.29, 1.82) is 0 Å². The zero-order valence-electron chi connectivity index (χ0n) is 17.7. The van der Waals surface area contributed by atoms with E-state index < -0.39 is 11.3 Å². The van der Waals surface area contributed by atoms with E-state index in [4.69, 9.17) is 0 Å². The van der Waals surface area contributed by atoms with Crippen molar-refractivity contribution in [3.05, 3.63) is 51.7 Å². The third-order valence-corrected chi connectivity index (χ3v) is 6.48. The van der Waals surface area contributed by atoms with E-state index in [1.807, 2.05) is 12.3 Å². The zero-order valence-corrected chi connectivity index (χ0v) is 17.7. The Morgan fingerprint density at radius 2 is 2.13 bits per heavy atom. The Hall–Kier alpha value is -3.49. The summed E-state index contributed by atoms with van der Waals surface area (Å²) in [7, 11) is 1.50. The summed E-state index contributed by atoms with van der Waals surface area (Å²) in [5, 5.41) is 11.3. The maximum absolute atomic E-state index is 12.8. The molecule has 0 radical (unpaired) electrons. The number of carbonyl (C=O) groups excluding carboxylic acids is 1. The topological polar surface area (TPSA) is 106 Å². The van der Waals surface area contributed by atoms with Gasteiger partial charge >= 0.3 is 0 Å². The molecule has 0 spiro atoms. The monoisotopic (exact) mass is 419 g/mol. The molecule has 160 valence electrons. The molecule has 31 heavy (non-hydrogen) atoms. The molecule has 1 aliphatic carbocycles. The summed E-state index contributed by atoms with van der Waals surface area (Å²) in [4.78, 5) is 34.1. The molecule has 5 rings (SSSR count). The van der Waals surface area contributed by atoms with Gasteiger partial charge in [-0.25, -0.2) is 9.98 Å². The molecule has 4 heterocycles. The zero-order chi connectivity index (χ0) is 21.6. The molecule has 0 bridgehead atoms. The third-order valence-electron chi connectivity index (χ3n) is 6.48. The maximum atomic E-state index is 12.8. The summed E-state index contributed by atoms with van der Waals surface area (Å²) in [6.45, 7) is 3.08. The summed E-state index contributed by atoms with van der Waals surface area (Å²) in [5.41, 5.74) is 2.33. The Bertz CT molecular complexity index is 1260. The van der Waals surface area contributed by atoms with Crippen LogP contribution in [0.15, 0.2) is 34.3 Å². The van der Waals surface area contributed by atoms with Gasteiger partial charge in [-0.15, -0.1) is 0 Å². The highest BCUT2D eigenvalue weighted by Crippen LogP contribution is 2.41. The second-order valence-electron chi connectivity index (χ2n) is 8.34. The van der Waals surface area contributed by atoms with Crippen molar-refractivity contribution in [1.82, 2.24) is 30.0 Å². The van der Waals surface area contributed by atoms with Crippen LogP contribution in [0.5, 0.6) is 0 Å². The highest BCUT2D eigenvalue weighted by molar-refractivity contribution is 5.92. The number of aliphatic imine (C=N–C) groups is 1. The minimum atomic E-state index is -0.500. The second kappa shape index (κ2) is 7.33. The fraction of sp³-hybridized carbons (Fsp3) is 0.409. The van der Waals surface area contributed by atoms with Crippen LogP contribution in [0.2, 0.25) is 0 Å². The van der Waals surface area contributed by atoms with Crippen molar-refractivity contribution in [2.24, 2.45) is 4.99 Å². The van der Waals surface area contributed by atoms with Crippen LogP contribution in [-0.4, -0.2) is 38.6 Å². The first kappa shape index (κ1) is 19.5. The van der Waals surface area contributed by atoms with E-state index >= 15 is 0 Å². The van der Waals surface area contributed by atoms with Gasteiger partial charge in [0.05, 0.1) is 30.7 Å². The second-order valence-corrected chi connectivity index (χ2v) is 8.34. The molecule has 1 amide bonds. The number of aryl methyl sites for hydroxylation is 1. The SMILES string of the molecule is CNC(=O)c1nn(CC2(n3cc(C)c4cccnc43)CCCC2)c2c(c1=O)N=CNC2. The van der Waals surface area contributed by atoms with Crippen molar-refractivity contribution < 1.29 is 4.79 Å². The van der Waals surface area contributed by atoms with Gasteiger partial charge in [-0.2, -0.15) is 5.10 Å². The van der Waals surface area contributed by atoms with E-state index in [1.54, 1.807) is 4.68 Å². The van der Waals surface area contributed by atoms with Gasteiger partial charge < -0.3 is 15.2 Å². The number of rotatable bonds is 4. The van der Waals surface area contributed by atoms with E-state index in [9.17, 15) is 9.59 Å². The van der Waals surface area contributed by atoms with Gasteiger partial charge in [0.25, 0.3) is 5.91 Å². The van der Waals surface area contributed by atoms with Gasteiger partial charge in [0.1, 0.15) is 11.3 Å². The molecule has 0 saturated heterocycles. The molecule has 2 N–H and O–H groups in total. The largest absolute Gasteiger partial charge is 0.370 e. The lowest BCUT2D eigenvalue weighted by Crippen LogP contribution is -2.40. The summed E-state index contributed by atoms with van der Waals surface area (Å²) < 4.78 is 4.09. The number of nitrogens with one attached hydrogen (secondary N) is 2. The normalized spacial score (nSPS) is 16.8. The van der Waals surface area contributed by atoms with Gasteiger partial charge in [-0.3, -0.25) is 14.3 Å². The van der Waals surface area contributed by atoms with Gasteiger partial charge in [-0.05, 0) is 37.5 Å². The molecule has 0 atom stereocenters. The van der Waals surface area contributed by atoms with Crippen LogP contribution in [0, 0.1) is 6.92 Å². The van der Waals surface area contributed by atoms with E-state index in [2.05, 4.69) is 49.5 Å². The molecule has 3 aromatic heterocycles. The van der Waals surface area contributed by atoms with Gasteiger partial charge in [-0.1, -0.05) is 12.8 Å². The molecule has 0 aromatic carbocycles. The number of amides is 1. The van der Waals surface area contributed by atoms with Crippen LogP contribution in [0.3, 0.4) is 0 Å². The predicted molar refractivity (Wildman–Crippen MR) is 118 cm³/mol. The molecule has 0 unspecified atom stereocenters. The Morgan fingerprint density at radius 1 is 1.32 bits per heavy atom. The number of aromatic nitrogens is 4. The summed E-state index contributed by atoms with van der Waals surface area (Å²) in [6, 6.07) is 4.05. The van der Waals surface area contributed by atoms with Crippen molar-refractivity contribution >= 4 is 29.0 Å². The standard InChI is InChI=1S/C22H25N7O2/c1-14-11-28(20-15(14)6-5-9-25-20)22(7-3-4-8-22)12-29-16-10-24-13-26-17(16)19(30)18(27-29)21(31)23-2/h5-6,9,11,13H,3-4,7-8,10,12H2,1-2H3,(H,23,31)(H,24,26). The number of hydrogen-bond acceptors (Lipinski definition) is 6. The molecule has 9 heteroatoms. The number of fused-ring (bicyclic) bond motifs is 2. The minimum absolute atomic E-state index is 0.125. The average molecular weight is 419 g/mol. The first-order valence-corrected chi connectivity index (χ1v) is 10.6. The van der Waals surface area contributed by atoms with Crippen LogP contribution in [0.25, 0.3) is 11.0 Å². The highest BCUT2D eigenvalue weighted by Gasteiger charge is 2.39. The molecule has 3 aromatic rings. The van der Waals surface area contributed by atoms with Gasteiger partial charge in [0, 0.05) is 24.8 Å². The highest BCUT2D eigenvalue weighted by atomic mass is 16.2. The van der Waals surface area contributed by atoms with Crippen molar-refractivity contribution in [3.63, 3.8) is 0 Å². The number of pyridine rings is 1. The first-order chi connectivity index (χ1) is 15.0. The van der Waals surface area contributed by atoms with Crippen molar-refractivity contribution in [2.45, 2.75) is 51.2 Å². The van der Waals surface area contributed by atoms with Crippen LogP contribution in [0.4, 0.5) is 5.69 Å². The molecule has 2 aliphatic rings. The van der Waals surface area contributed by atoms with Crippen molar-refractivity contribution in [2.75, 3.05) is 7.05 Å². The minimum Gasteiger partial charge on any atom is -0.370 e. The maximum Gasteiger partial charge on any atom is 0.275 e. The Labute approximate surface area is 179 Å². The van der Waals surface area contributed by atoms with E-state index in [0.717, 1.165) is 36.7 Å². The van der Waals surface area contributed by atoms with E-state index in [0.29, 0.717) is 18.8 Å². The predicted octanol–water partition coefficient (Wildman–Crippen LogP) is 1.99. The van der Waals surface area contributed by atoms with Crippen LogP contribution < -0.4 is 16.1 Å². The first-order valence-electron chi connectivity index (χ1n) is 10.6. The Morgan fingerprint density at radius 3 is 2.90 bits per heavy atom. The lowest BCUT2D eigenvalue weighted by atomic mass is 9.96. The lowest BCUT2D eigenvalue weighted by Gasteiger charge is -2.33. The third kappa shape index (κ3) is 3.03. The average Bonchev–Trinajstić information content (AvgIpc) is 3.41. The quantitative estimate of drug-likeness (QED) is 0.673. The molecule has 9 nitrogen and oxygen atoms in total. The molecule has 1 saturated carbocycles. The fourth-order valence-electron chi connectivity index (χ4n) is 4.92. The summed E-state index contributed by atoms with van der Waals surface area (Å²) in [5.74, 6) is -0.500. The van der Waals surface area contributed by atoms with Crippen molar-refractivity contribution in [3.8, 4) is 0 Å². The number of nitrogens with zero attached hydrogens (tertiary/aromatic N) is 5. The lowest BCUT2D eigenvalue weighted by molar-refractivity contribution is 0.0953. The van der Waals surface area contributed by atoms with Crippen LogP contribution in [-0.2, 0) is 18.6 Å². The van der Waals surface area contributed by atoms with E-state index in [-0.39, 0.29) is 16.9 Å². The van der Waals surface area contributed by atoms with Gasteiger partial charge in [0.15, 0.2) is 5.69 Å². The van der Waals surface area contributed by atoms with E-state index in [1.165, 1.54) is 18.9 Å². The molecular weight excluding hydrogens is 394 g/mol. The smallest absolute Gasteiger partial charge is 0.275 e. The fourth-order valence-corrected chi connectivity index (χ4v) is 4.92. The number of hydrogen-bond donors (Lipinski definition) is 2. The summed E-state index contributed by atoms with van der Waals surface area (Å²) in [6.07, 6.45) is 9.65. The summed E-state index contributed by atoms with van der Waals surface area (Å²) >= 11 is 0. The Kier molecular flexibility index (Phi) is 4.60. The van der Waals surface area contributed by atoms with Crippen LogP contribution >= 0.6 is 0 Å². The Balaban J connectivity index is 1.69. The molecule has 1 aliphatic heterocycles. The molecule has 1 fully saturated rings. The number of carbonyl (C=O) groups is 1.